The number of nitrogens with zero attached hydrogens (tertiary/aromatic N) is 3. The summed E-state index contributed by atoms with van der Waals surface area (Å²) in [6, 6.07) is 14.3. The molecule has 0 N–H and O–H groups in total. The van der Waals surface area contributed by atoms with Gasteiger partial charge in [0.05, 0.1) is 4.90 Å². The third kappa shape index (κ3) is 4.17. The molecule has 5 rings (SSSR count). The van der Waals surface area contributed by atoms with Crippen molar-refractivity contribution in [2.45, 2.75) is 53.4 Å². The van der Waals surface area contributed by atoms with Crippen LogP contribution in [0, 0.1) is 48.5 Å². The third-order valence-corrected chi connectivity index (χ3v) is 7.49. The molecule has 3 aromatic heterocycles. The minimum absolute atomic E-state index is 0.0851. The minimum atomic E-state index is -4.33. The molecule has 0 amide bonds. The molecule has 0 unspecified atom stereocenters. The molecule has 3 heterocycles. The van der Waals surface area contributed by atoms with Gasteiger partial charge in [-0.3, -0.25) is 0 Å². The zero-order valence-electron chi connectivity index (χ0n) is 20.6. The monoisotopic (exact) mass is 475 g/mol. The molecule has 34 heavy (non-hydrogen) atoms. The van der Waals surface area contributed by atoms with Gasteiger partial charge in [-0.25, -0.2) is 8.42 Å². The van der Waals surface area contributed by atoms with Crippen molar-refractivity contribution in [3.8, 4) is 0 Å². The van der Waals surface area contributed by atoms with Crippen molar-refractivity contribution in [3.05, 3.63) is 87.7 Å². The fraction of sp³-hybridized carbons (Fsp3) is 0.259. The van der Waals surface area contributed by atoms with E-state index in [4.69, 9.17) is 5.10 Å². The van der Waals surface area contributed by atoms with E-state index in [9.17, 15) is 13.0 Å². The summed E-state index contributed by atoms with van der Waals surface area (Å²) < 4.78 is 36.8. The van der Waals surface area contributed by atoms with E-state index in [1.165, 1.54) is 27.7 Å². The van der Waals surface area contributed by atoms with Crippen LogP contribution in [0.3, 0.4) is 0 Å². The molecule has 0 fully saturated rings. The molecule has 0 saturated carbocycles. The molecule has 5 aromatic rings. The van der Waals surface area contributed by atoms with Crippen LogP contribution in [0.2, 0.25) is 0 Å². The van der Waals surface area contributed by atoms with E-state index in [-0.39, 0.29) is 4.90 Å². The summed E-state index contributed by atoms with van der Waals surface area (Å²) in [5, 5.41) is 4.81. The standard InChI is InChI=1S/C18H18N3.C9H12O3S/c1-11-8-16-18(9-12(11)2)21-17(10-13(3)14(4)19-21)15-6-5-7-20(15)16;1-6-4-7(2)9(8(3)5-6)13(10,11)12/h5-10H,1-4H3;4-5H,1-3H3,(H,10,11,12)/q+1;/p-1. The summed E-state index contributed by atoms with van der Waals surface area (Å²) >= 11 is 0. The first-order valence-corrected chi connectivity index (χ1v) is 12.5. The van der Waals surface area contributed by atoms with E-state index in [0.29, 0.717) is 11.1 Å². The van der Waals surface area contributed by atoms with E-state index in [2.05, 4.69) is 73.1 Å². The summed E-state index contributed by atoms with van der Waals surface area (Å²) in [5.41, 5.74) is 11.6. The predicted molar refractivity (Wildman–Crippen MR) is 133 cm³/mol. The highest BCUT2D eigenvalue weighted by atomic mass is 32.2. The van der Waals surface area contributed by atoms with Crippen molar-refractivity contribution in [3.63, 3.8) is 0 Å². The molecule has 176 valence electrons. The average molecular weight is 476 g/mol. The number of hydrogen-bond acceptors (Lipinski definition) is 4. The van der Waals surface area contributed by atoms with Crippen LogP contribution in [-0.4, -0.2) is 22.5 Å². The highest BCUT2D eigenvalue weighted by Gasteiger charge is 2.19. The zero-order chi connectivity index (χ0) is 24.9. The van der Waals surface area contributed by atoms with Crippen LogP contribution in [0.15, 0.2) is 53.6 Å². The van der Waals surface area contributed by atoms with Crippen molar-refractivity contribution < 1.29 is 17.5 Å². The van der Waals surface area contributed by atoms with Crippen molar-refractivity contribution in [2.24, 2.45) is 0 Å². The van der Waals surface area contributed by atoms with Crippen molar-refractivity contribution in [2.75, 3.05) is 0 Å². The third-order valence-electron chi connectivity index (χ3n) is 6.35. The van der Waals surface area contributed by atoms with E-state index >= 15 is 0 Å². The second kappa shape index (κ2) is 8.49. The van der Waals surface area contributed by atoms with Crippen LogP contribution < -0.4 is 4.52 Å². The fourth-order valence-electron chi connectivity index (χ4n) is 4.53. The molecular formula is C27H29N3O3S. The molecule has 0 atom stereocenters. The molecule has 0 aliphatic rings. The number of benzene rings is 2. The maximum Gasteiger partial charge on any atom is 0.262 e. The Hall–Kier alpha value is -3.29. The number of aryl methyl sites for hydroxylation is 7. The summed E-state index contributed by atoms with van der Waals surface area (Å²) in [6.07, 6.45) is 2.13. The molecule has 0 aliphatic heterocycles. The second-order valence-electron chi connectivity index (χ2n) is 9.08. The number of aromatic nitrogens is 3. The van der Waals surface area contributed by atoms with Crippen LogP contribution in [-0.2, 0) is 10.1 Å². The first-order valence-electron chi connectivity index (χ1n) is 11.1. The normalized spacial score (nSPS) is 11.8. The number of hydrogen-bond donors (Lipinski definition) is 0. The van der Waals surface area contributed by atoms with Gasteiger partial charge in [-0.15, -0.1) is 0 Å². The van der Waals surface area contributed by atoms with E-state index in [1.54, 1.807) is 26.0 Å². The van der Waals surface area contributed by atoms with Crippen molar-refractivity contribution in [1.82, 2.24) is 9.50 Å². The Kier molecular flexibility index (Phi) is 5.96. The Morgan fingerprint density at radius 3 is 1.94 bits per heavy atom. The van der Waals surface area contributed by atoms with Crippen molar-refractivity contribution in [1.29, 1.82) is 0 Å². The Labute approximate surface area is 200 Å². The summed E-state index contributed by atoms with van der Waals surface area (Å²) in [4.78, 5) is -0.0851. The molecule has 7 heteroatoms. The maximum atomic E-state index is 10.8. The van der Waals surface area contributed by atoms with Crippen LogP contribution in [0.25, 0.3) is 22.1 Å². The first-order chi connectivity index (χ1) is 15.9. The predicted octanol–water partition coefficient (Wildman–Crippen LogP) is 4.98. The lowest BCUT2D eigenvalue weighted by molar-refractivity contribution is -0.553. The highest BCUT2D eigenvalue weighted by Crippen LogP contribution is 2.23. The lowest BCUT2D eigenvalue weighted by Gasteiger charge is -2.14. The topological polar surface area (TPSA) is 78.6 Å². The molecule has 0 aliphatic carbocycles. The van der Waals surface area contributed by atoms with Gasteiger partial charge in [0.1, 0.15) is 26.8 Å². The molecule has 0 radical (unpaired) electrons. The lowest BCUT2D eigenvalue weighted by atomic mass is 10.1. The fourth-order valence-corrected chi connectivity index (χ4v) is 5.44. The molecular weight excluding hydrogens is 446 g/mol. The Morgan fingerprint density at radius 2 is 1.32 bits per heavy atom. The van der Waals surface area contributed by atoms with Gasteiger partial charge >= 0.3 is 0 Å². The molecule has 0 spiro atoms. The Morgan fingerprint density at radius 1 is 0.765 bits per heavy atom. The van der Waals surface area contributed by atoms with Crippen LogP contribution in [0.1, 0.15) is 39.1 Å². The molecule has 6 nitrogen and oxygen atoms in total. The van der Waals surface area contributed by atoms with Crippen LogP contribution in [0.4, 0.5) is 0 Å². The van der Waals surface area contributed by atoms with Crippen LogP contribution in [0.5, 0.6) is 0 Å². The van der Waals surface area contributed by atoms with Gasteiger partial charge in [-0.1, -0.05) is 17.7 Å². The maximum absolute atomic E-state index is 10.8. The number of rotatable bonds is 1. The van der Waals surface area contributed by atoms with E-state index < -0.39 is 10.1 Å². The van der Waals surface area contributed by atoms with Gasteiger partial charge in [-0.2, -0.15) is 0 Å². The largest absolute Gasteiger partial charge is 0.744 e. The SMILES string of the molecule is Cc1cc(C)c(S(=O)(=O)[O-])c(C)c1.Cc1cc2c(cc1C)[n+]1nc(C)c(C)cc1c1cccn21. The first kappa shape index (κ1) is 23.9. The molecule has 2 aromatic carbocycles. The van der Waals surface area contributed by atoms with Gasteiger partial charge in [0.2, 0.25) is 0 Å². The summed E-state index contributed by atoms with van der Waals surface area (Å²) in [7, 11) is -4.33. The number of fused-ring (bicyclic) bond motifs is 6. The Balaban J connectivity index is 0.000000182. The van der Waals surface area contributed by atoms with Crippen LogP contribution >= 0.6 is 0 Å². The van der Waals surface area contributed by atoms with Gasteiger partial charge < -0.3 is 8.95 Å². The van der Waals surface area contributed by atoms with Gasteiger partial charge in [-0.05, 0) is 99.0 Å². The van der Waals surface area contributed by atoms with Gasteiger partial charge in [0, 0.05) is 23.4 Å². The quantitative estimate of drug-likeness (QED) is 0.195. The average Bonchev–Trinajstić information content (AvgIpc) is 3.20. The molecule has 0 saturated heterocycles. The summed E-state index contributed by atoms with van der Waals surface area (Å²) in [6.45, 7) is 13.6. The highest BCUT2D eigenvalue weighted by molar-refractivity contribution is 7.85. The Bertz CT molecular complexity index is 1600. The van der Waals surface area contributed by atoms with Gasteiger partial charge in [0.25, 0.3) is 11.0 Å². The van der Waals surface area contributed by atoms with Gasteiger partial charge in [0.15, 0.2) is 0 Å². The van der Waals surface area contributed by atoms with E-state index in [1.807, 2.05) is 6.92 Å². The van der Waals surface area contributed by atoms with Crippen molar-refractivity contribution >= 4 is 32.2 Å². The molecule has 0 bridgehead atoms. The smallest absolute Gasteiger partial charge is 0.262 e. The lowest BCUT2D eigenvalue weighted by Crippen LogP contribution is -2.30. The minimum Gasteiger partial charge on any atom is -0.744 e. The summed E-state index contributed by atoms with van der Waals surface area (Å²) in [5.74, 6) is 0. The zero-order valence-corrected chi connectivity index (χ0v) is 21.4. The second-order valence-corrected chi connectivity index (χ2v) is 10.4. The van der Waals surface area contributed by atoms with E-state index in [0.717, 1.165) is 22.3 Å².